The van der Waals surface area contributed by atoms with E-state index in [0.717, 1.165) is 32.5 Å². The van der Waals surface area contributed by atoms with Gasteiger partial charge in [-0.05, 0) is 43.5 Å². The first-order valence-corrected chi connectivity index (χ1v) is 11.0. The Kier molecular flexibility index (Phi) is 8.90. The molecule has 1 heterocycles. The summed E-state index contributed by atoms with van der Waals surface area (Å²) in [4.78, 5) is 12.2. The van der Waals surface area contributed by atoms with Crippen LogP contribution in [0, 0.1) is 17.0 Å². The highest BCUT2D eigenvalue weighted by molar-refractivity contribution is 5.91. The van der Waals surface area contributed by atoms with E-state index in [-0.39, 0.29) is 11.0 Å². The Balaban J connectivity index is 1.41. The summed E-state index contributed by atoms with van der Waals surface area (Å²) in [5, 5.41) is 0. The third kappa shape index (κ3) is 7.79. The zero-order valence-electron chi connectivity index (χ0n) is 19.0. The molecule has 192 valence electrons. The average Bonchev–Trinajstić information content (AvgIpc) is 2.77. The van der Waals surface area contributed by atoms with Crippen LogP contribution in [0.4, 0.5) is 22.0 Å². The first-order valence-electron chi connectivity index (χ1n) is 11.0. The number of hydrogen-bond acceptors (Lipinski definition) is 6. The largest absolute Gasteiger partial charge is 0.573 e. The molecule has 0 radical (unpaired) electrons. The van der Waals surface area contributed by atoms with Gasteiger partial charge in [0.15, 0.2) is 11.6 Å². The van der Waals surface area contributed by atoms with Crippen LogP contribution in [-0.4, -0.2) is 45.4 Å². The van der Waals surface area contributed by atoms with E-state index in [1.807, 2.05) is 0 Å². The maximum atomic E-state index is 13.8. The molecule has 0 atom stereocenters. The van der Waals surface area contributed by atoms with Gasteiger partial charge in [0.25, 0.3) is 0 Å². The molecular weight excluding hydrogens is 479 g/mol. The Morgan fingerprint density at radius 1 is 1.00 bits per heavy atom. The van der Waals surface area contributed by atoms with Crippen molar-refractivity contribution in [3.63, 3.8) is 0 Å². The third-order valence-corrected chi connectivity index (χ3v) is 5.42. The predicted octanol–water partition coefficient (Wildman–Crippen LogP) is 5.68. The van der Waals surface area contributed by atoms with Crippen molar-refractivity contribution in [1.29, 1.82) is 0 Å². The van der Waals surface area contributed by atoms with E-state index >= 15 is 0 Å². The van der Waals surface area contributed by atoms with Gasteiger partial charge in [0.2, 0.25) is 5.75 Å². The van der Waals surface area contributed by atoms with Gasteiger partial charge in [-0.15, -0.1) is 13.2 Å². The maximum absolute atomic E-state index is 13.8. The van der Waals surface area contributed by atoms with Crippen LogP contribution in [0.1, 0.15) is 36.5 Å². The summed E-state index contributed by atoms with van der Waals surface area (Å²) in [5.41, 5.74) is 0.208. The monoisotopic (exact) mass is 504 g/mol. The molecule has 6 nitrogen and oxygen atoms in total. The molecular formula is C24H25F5O6. The van der Waals surface area contributed by atoms with Gasteiger partial charge >= 0.3 is 12.3 Å². The normalized spacial score (nSPS) is 14.8. The Morgan fingerprint density at radius 2 is 1.63 bits per heavy atom. The van der Waals surface area contributed by atoms with Crippen molar-refractivity contribution in [1.82, 2.24) is 0 Å². The van der Waals surface area contributed by atoms with Crippen LogP contribution in [0.3, 0.4) is 0 Å². The summed E-state index contributed by atoms with van der Waals surface area (Å²) in [6, 6.07) is 6.67. The second kappa shape index (κ2) is 11.7. The Labute approximate surface area is 198 Å². The number of rotatable bonds is 12. The van der Waals surface area contributed by atoms with Crippen molar-refractivity contribution in [2.45, 2.75) is 32.5 Å². The lowest BCUT2D eigenvalue weighted by Crippen LogP contribution is -2.45. The second-order valence-corrected chi connectivity index (χ2v) is 8.13. The van der Waals surface area contributed by atoms with Crippen LogP contribution in [0.15, 0.2) is 36.4 Å². The molecule has 0 aliphatic carbocycles. The molecule has 1 fully saturated rings. The average molecular weight is 504 g/mol. The van der Waals surface area contributed by atoms with E-state index in [2.05, 4.69) is 11.7 Å². The van der Waals surface area contributed by atoms with Crippen molar-refractivity contribution in [2.24, 2.45) is 5.41 Å². The SMILES string of the molecule is CCC1(COCCCCOc2ccc(C(=O)Oc3cc(F)c(OC(F)(F)F)c(F)c3)cc2)COC1. The summed E-state index contributed by atoms with van der Waals surface area (Å²) in [5.74, 6) is -6.04. The maximum Gasteiger partial charge on any atom is 0.573 e. The number of hydrogen-bond donors (Lipinski definition) is 0. The lowest BCUT2D eigenvalue weighted by Gasteiger charge is -2.40. The highest BCUT2D eigenvalue weighted by Crippen LogP contribution is 2.32. The van der Waals surface area contributed by atoms with Crippen LogP contribution in [0.2, 0.25) is 0 Å². The summed E-state index contributed by atoms with van der Waals surface area (Å²) < 4.78 is 88.9. The minimum atomic E-state index is -5.28. The second-order valence-electron chi connectivity index (χ2n) is 8.13. The summed E-state index contributed by atoms with van der Waals surface area (Å²) in [6.45, 7) is 5.37. The number of benzene rings is 2. The molecule has 3 rings (SSSR count). The molecule has 0 aromatic heterocycles. The van der Waals surface area contributed by atoms with Crippen LogP contribution >= 0.6 is 0 Å². The molecule has 1 aliphatic heterocycles. The Hall–Kier alpha value is -2.92. The first kappa shape index (κ1) is 26.7. The standard InChI is InChI=1S/C24H25F5O6/c1-2-23(14-32-15-23)13-31-9-3-4-10-33-17-7-5-16(6-8-17)22(30)34-18-11-19(25)21(20(26)12-18)35-24(27,28)29/h5-8,11-12H,2-4,9-10,13-15H2,1H3. The van der Waals surface area contributed by atoms with E-state index in [0.29, 0.717) is 37.7 Å². The lowest BCUT2D eigenvalue weighted by atomic mass is 9.84. The third-order valence-electron chi connectivity index (χ3n) is 5.42. The zero-order valence-corrected chi connectivity index (χ0v) is 19.0. The zero-order chi connectivity index (χ0) is 25.5. The van der Waals surface area contributed by atoms with Gasteiger partial charge in [0.05, 0.1) is 32.0 Å². The van der Waals surface area contributed by atoms with Gasteiger partial charge in [-0.3, -0.25) is 0 Å². The van der Waals surface area contributed by atoms with Crippen molar-refractivity contribution in [3.05, 3.63) is 53.6 Å². The number of halogens is 5. The topological polar surface area (TPSA) is 63.2 Å². The fourth-order valence-corrected chi connectivity index (χ4v) is 3.23. The number of ether oxygens (including phenoxy) is 5. The molecule has 0 amide bonds. The van der Waals surface area contributed by atoms with E-state index in [1.54, 1.807) is 0 Å². The van der Waals surface area contributed by atoms with E-state index in [1.165, 1.54) is 24.3 Å². The van der Waals surface area contributed by atoms with Crippen molar-refractivity contribution < 1.29 is 50.4 Å². The van der Waals surface area contributed by atoms with E-state index in [4.69, 9.17) is 18.9 Å². The molecule has 0 bridgehead atoms. The van der Waals surface area contributed by atoms with Crippen LogP contribution < -0.4 is 14.2 Å². The fraction of sp³-hybridized carbons (Fsp3) is 0.458. The van der Waals surface area contributed by atoms with Gasteiger partial charge < -0.3 is 23.7 Å². The van der Waals surface area contributed by atoms with Crippen LogP contribution in [-0.2, 0) is 9.47 Å². The highest BCUT2D eigenvalue weighted by atomic mass is 19.4. The molecule has 0 saturated carbocycles. The minimum absolute atomic E-state index is 0.0482. The molecule has 2 aromatic rings. The smallest absolute Gasteiger partial charge is 0.494 e. The first-order chi connectivity index (χ1) is 16.6. The van der Waals surface area contributed by atoms with Crippen molar-refractivity contribution >= 4 is 5.97 Å². The quantitative estimate of drug-likeness (QED) is 0.160. The fourth-order valence-electron chi connectivity index (χ4n) is 3.23. The summed E-state index contributed by atoms with van der Waals surface area (Å²) in [7, 11) is 0. The Bertz CT molecular complexity index is 960. The predicted molar refractivity (Wildman–Crippen MR) is 114 cm³/mol. The van der Waals surface area contributed by atoms with Crippen LogP contribution in [0.5, 0.6) is 17.2 Å². The number of alkyl halides is 3. The van der Waals surface area contributed by atoms with Gasteiger partial charge in [-0.25, -0.2) is 13.6 Å². The van der Waals surface area contributed by atoms with Gasteiger partial charge in [0, 0.05) is 24.2 Å². The van der Waals surface area contributed by atoms with Gasteiger partial charge in [0.1, 0.15) is 11.5 Å². The number of carbonyl (C=O) groups excluding carboxylic acids is 1. The van der Waals surface area contributed by atoms with E-state index < -0.39 is 35.5 Å². The van der Waals surface area contributed by atoms with Gasteiger partial charge in [-0.1, -0.05) is 6.92 Å². The molecule has 2 aromatic carbocycles. The van der Waals surface area contributed by atoms with Crippen molar-refractivity contribution in [3.8, 4) is 17.2 Å². The summed E-state index contributed by atoms with van der Waals surface area (Å²) >= 11 is 0. The van der Waals surface area contributed by atoms with Crippen molar-refractivity contribution in [2.75, 3.05) is 33.0 Å². The minimum Gasteiger partial charge on any atom is -0.494 e. The summed E-state index contributed by atoms with van der Waals surface area (Å²) in [6.07, 6.45) is -2.66. The van der Waals surface area contributed by atoms with E-state index in [9.17, 15) is 26.7 Å². The molecule has 1 saturated heterocycles. The van der Waals surface area contributed by atoms with Gasteiger partial charge in [-0.2, -0.15) is 0 Å². The molecule has 0 spiro atoms. The number of carbonyl (C=O) groups is 1. The molecule has 35 heavy (non-hydrogen) atoms. The molecule has 0 unspecified atom stereocenters. The highest BCUT2D eigenvalue weighted by Gasteiger charge is 2.37. The molecule has 0 N–H and O–H groups in total. The number of unbranched alkanes of at least 4 members (excludes halogenated alkanes) is 1. The molecule has 1 aliphatic rings. The molecule has 11 heteroatoms. The Morgan fingerprint density at radius 3 is 2.17 bits per heavy atom. The lowest BCUT2D eigenvalue weighted by molar-refractivity contribution is -0.276. The van der Waals surface area contributed by atoms with Crippen LogP contribution in [0.25, 0.3) is 0 Å². The number of esters is 1.